The van der Waals surface area contributed by atoms with Crippen LogP contribution in [0, 0.1) is 6.92 Å². The van der Waals surface area contributed by atoms with Gasteiger partial charge in [0.05, 0.1) is 11.9 Å². The summed E-state index contributed by atoms with van der Waals surface area (Å²) in [5, 5.41) is 7.57. The molecule has 0 amide bonds. The summed E-state index contributed by atoms with van der Waals surface area (Å²) < 4.78 is 1.87. The maximum absolute atomic E-state index is 10.9. The van der Waals surface area contributed by atoms with Crippen LogP contribution in [0.3, 0.4) is 0 Å². The van der Waals surface area contributed by atoms with Crippen LogP contribution in [-0.2, 0) is 16.2 Å². The second kappa shape index (κ2) is 4.25. The number of hydrogen-bond donors (Lipinski definition) is 0. The summed E-state index contributed by atoms with van der Waals surface area (Å²) in [6.07, 6.45) is 1.50. The Labute approximate surface area is 98.0 Å². The van der Waals surface area contributed by atoms with E-state index in [1.54, 1.807) is 6.20 Å². The van der Waals surface area contributed by atoms with Gasteiger partial charge >= 0.3 is 0 Å². The zero-order chi connectivity index (χ0) is 11.7. The summed E-state index contributed by atoms with van der Waals surface area (Å²) in [7, 11) is 0. The Balaban J connectivity index is 2.20. The number of nitrogens with zero attached hydrogens (tertiary/aromatic N) is 3. The van der Waals surface area contributed by atoms with Crippen molar-refractivity contribution >= 4 is 22.6 Å². The second-order valence-corrected chi connectivity index (χ2v) is 3.97. The van der Waals surface area contributed by atoms with Gasteiger partial charge in [-0.2, -0.15) is 5.10 Å². The number of halogens is 1. The topological polar surface area (TPSA) is 56.5 Å². The van der Waals surface area contributed by atoms with Gasteiger partial charge in [-0.25, -0.2) is 0 Å². The van der Waals surface area contributed by atoms with Gasteiger partial charge < -0.3 is 4.84 Å². The van der Waals surface area contributed by atoms with E-state index in [-0.39, 0.29) is 0 Å². The van der Waals surface area contributed by atoms with Gasteiger partial charge in [-0.15, -0.1) is 0 Å². The molecular formula is C10H12ClN3O2. The minimum atomic E-state index is -0.652. The predicted octanol–water partition coefficient (Wildman–Crippen LogP) is 1.47. The third kappa shape index (κ3) is 1.82. The van der Waals surface area contributed by atoms with Crippen molar-refractivity contribution in [2.24, 2.45) is 5.16 Å². The minimum Gasteiger partial charge on any atom is -0.382 e. The van der Waals surface area contributed by atoms with Crippen LogP contribution >= 0.6 is 11.6 Å². The van der Waals surface area contributed by atoms with E-state index in [1.165, 1.54) is 0 Å². The maximum Gasteiger partial charge on any atom is 0.265 e. The third-order valence-electron chi connectivity index (χ3n) is 2.64. The molecular weight excluding hydrogens is 230 g/mol. The van der Waals surface area contributed by atoms with Crippen LogP contribution in [0.1, 0.15) is 24.6 Å². The Bertz CT molecular complexity index is 453. The van der Waals surface area contributed by atoms with Gasteiger partial charge in [-0.05, 0) is 25.4 Å². The van der Waals surface area contributed by atoms with Crippen LogP contribution in [0.4, 0.5) is 0 Å². The van der Waals surface area contributed by atoms with Crippen LogP contribution < -0.4 is 0 Å². The molecule has 5 nitrogen and oxygen atoms in total. The zero-order valence-electron chi connectivity index (χ0n) is 9.11. The van der Waals surface area contributed by atoms with Crippen molar-refractivity contribution in [2.45, 2.75) is 32.9 Å². The van der Waals surface area contributed by atoms with Crippen LogP contribution in [0.15, 0.2) is 11.4 Å². The first-order valence-corrected chi connectivity index (χ1v) is 5.46. The molecule has 0 bridgehead atoms. The Morgan fingerprint density at radius 3 is 3.00 bits per heavy atom. The molecule has 0 fully saturated rings. The Morgan fingerprint density at radius 1 is 1.75 bits per heavy atom. The highest BCUT2D eigenvalue weighted by Gasteiger charge is 2.29. The lowest BCUT2D eigenvalue weighted by Gasteiger charge is -2.01. The van der Waals surface area contributed by atoms with Gasteiger partial charge in [0.2, 0.25) is 6.10 Å². The molecule has 0 aliphatic carbocycles. The zero-order valence-corrected chi connectivity index (χ0v) is 9.86. The summed E-state index contributed by atoms with van der Waals surface area (Å²) in [6, 6.07) is 0. The van der Waals surface area contributed by atoms with Gasteiger partial charge in [-0.3, -0.25) is 9.48 Å². The summed E-state index contributed by atoms with van der Waals surface area (Å²) in [5.74, 6) is 0. The van der Waals surface area contributed by atoms with Crippen molar-refractivity contribution in [1.29, 1.82) is 0 Å². The van der Waals surface area contributed by atoms with Gasteiger partial charge in [0.15, 0.2) is 0 Å². The number of oxime groups is 1. The summed E-state index contributed by atoms with van der Waals surface area (Å²) >= 11 is 5.35. The van der Waals surface area contributed by atoms with Crippen molar-refractivity contribution in [3.63, 3.8) is 0 Å². The molecule has 1 atom stereocenters. The second-order valence-electron chi connectivity index (χ2n) is 3.60. The lowest BCUT2D eigenvalue weighted by Crippen LogP contribution is -2.15. The SMILES string of the molecule is CCn1ncc(C2=NO[C@@H](C(=O)Cl)C2)c1C. The molecule has 6 heteroatoms. The summed E-state index contributed by atoms with van der Waals surface area (Å²) in [4.78, 5) is 15.9. The first-order chi connectivity index (χ1) is 7.63. The molecule has 1 aliphatic rings. The van der Waals surface area contributed by atoms with E-state index in [2.05, 4.69) is 10.3 Å². The maximum atomic E-state index is 10.9. The average molecular weight is 242 g/mol. The number of carbonyl (C=O) groups is 1. The van der Waals surface area contributed by atoms with E-state index < -0.39 is 11.3 Å². The smallest absolute Gasteiger partial charge is 0.265 e. The number of rotatable bonds is 3. The van der Waals surface area contributed by atoms with E-state index in [0.29, 0.717) is 6.42 Å². The van der Waals surface area contributed by atoms with E-state index in [9.17, 15) is 4.79 Å². The van der Waals surface area contributed by atoms with Gasteiger partial charge in [0, 0.05) is 24.2 Å². The van der Waals surface area contributed by atoms with Gasteiger partial charge in [-0.1, -0.05) is 5.16 Å². The van der Waals surface area contributed by atoms with Crippen molar-refractivity contribution in [2.75, 3.05) is 0 Å². The highest BCUT2D eigenvalue weighted by atomic mass is 35.5. The fraction of sp³-hybridized carbons (Fsp3) is 0.500. The highest BCUT2D eigenvalue weighted by Crippen LogP contribution is 2.20. The van der Waals surface area contributed by atoms with Crippen molar-refractivity contribution in [1.82, 2.24) is 9.78 Å². The molecule has 0 saturated carbocycles. The quantitative estimate of drug-likeness (QED) is 0.753. The molecule has 0 aromatic carbocycles. The molecule has 0 radical (unpaired) electrons. The van der Waals surface area contributed by atoms with E-state index >= 15 is 0 Å². The molecule has 2 rings (SSSR count). The Morgan fingerprint density at radius 2 is 2.50 bits per heavy atom. The number of aromatic nitrogens is 2. The van der Waals surface area contributed by atoms with Crippen LogP contribution in [0.2, 0.25) is 0 Å². The lowest BCUT2D eigenvalue weighted by molar-refractivity contribution is -0.120. The standard InChI is InChI=1S/C10H12ClN3O2/c1-3-14-6(2)7(5-12-14)8-4-9(10(11)15)16-13-8/h5,9H,3-4H2,1-2H3/t9-/m1/s1. The predicted molar refractivity (Wildman–Crippen MR) is 59.5 cm³/mol. The third-order valence-corrected chi connectivity index (χ3v) is 2.88. The number of carbonyl (C=O) groups excluding carboxylic acids is 1. The van der Waals surface area contributed by atoms with Crippen LogP contribution in [-0.4, -0.2) is 26.8 Å². The highest BCUT2D eigenvalue weighted by molar-refractivity contribution is 6.64. The summed E-state index contributed by atoms with van der Waals surface area (Å²) in [5.41, 5.74) is 2.67. The van der Waals surface area contributed by atoms with E-state index in [1.807, 2.05) is 18.5 Å². The molecule has 0 unspecified atom stereocenters. The molecule has 1 aromatic rings. The van der Waals surface area contributed by atoms with Crippen molar-refractivity contribution < 1.29 is 9.63 Å². The molecule has 1 aliphatic heterocycles. The number of hydrogen-bond acceptors (Lipinski definition) is 4. The molecule has 1 aromatic heterocycles. The molecule has 2 heterocycles. The first-order valence-electron chi connectivity index (χ1n) is 5.08. The van der Waals surface area contributed by atoms with E-state index in [0.717, 1.165) is 23.5 Å². The molecule has 0 saturated heterocycles. The van der Waals surface area contributed by atoms with Gasteiger partial charge in [0.25, 0.3) is 5.24 Å². The summed E-state index contributed by atoms with van der Waals surface area (Å²) in [6.45, 7) is 4.78. The lowest BCUT2D eigenvalue weighted by atomic mass is 10.1. The van der Waals surface area contributed by atoms with Crippen LogP contribution in [0.25, 0.3) is 0 Å². The van der Waals surface area contributed by atoms with Crippen LogP contribution in [0.5, 0.6) is 0 Å². The largest absolute Gasteiger partial charge is 0.382 e. The number of aryl methyl sites for hydroxylation is 1. The first kappa shape index (κ1) is 11.1. The Hall–Kier alpha value is -1.36. The van der Waals surface area contributed by atoms with Gasteiger partial charge in [0.1, 0.15) is 0 Å². The average Bonchev–Trinajstić information content (AvgIpc) is 2.83. The monoisotopic (exact) mass is 241 g/mol. The fourth-order valence-electron chi connectivity index (χ4n) is 1.71. The van der Waals surface area contributed by atoms with E-state index in [4.69, 9.17) is 16.4 Å². The minimum absolute atomic E-state index is 0.415. The fourth-order valence-corrected chi connectivity index (χ4v) is 1.82. The molecule has 0 spiro atoms. The molecule has 16 heavy (non-hydrogen) atoms. The van der Waals surface area contributed by atoms with Crippen molar-refractivity contribution in [3.8, 4) is 0 Å². The Kier molecular flexibility index (Phi) is 2.96. The normalized spacial score (nSPS) is 19.4. The molecule has 86 valence electrons. The van der Waals surface area contributed by atoms with Crippen molar-refractivity contribution in [3.05, 3.63) is 17.5 Å². The molecule has 0 N–H and O–H groups in total.